The van der Waals surface area contributed by atoms with Gasteiger partial charge in [-0.25, -0.2) is 4.79 Å². The van der Waals surface area contributed by atoms with Crippen LogP contribution in [-0.2, 0) is 20.9 Å². The molecule has 0 aliphatic carbocycles. The summed E-state index contributed by atoms with van der Waals surface area (Å²) in [6, 6.07) is -0.425. The molecule has 7 nitrogen and oxygen atoms in total. The second-order valence-corrected chi connectivity index (χ2v) is 3.52. The number of ether oxygens (including phenoxy) is 1. The number of aromatic nitrogens is 2. The van der Waals surface area contributed by atoms with Gasteiger partial charge in [-0.05, 0) is 6.42 Å². The Hall–Kier alpha value is -2.05. The molecule has 0 fully saturated rings. The highest BCUT2D eigenvalue weighted by Crippen LogP contribution is 2.09. The van der Waals surface area contributed by atoms with Crippen molar-refractivity contribution in [2.45, 2.75) is 25.9 Å². The minimum absolute atomic E-state index is 0.0106. The summed E-state index contributed by atoms with van der Waals surface area (Å²) in [7, 11) is 1.34. The molecule has 3 N–H and O–H groups in total. The Morgan fingerprint density at radius 1 is 1.65 bits per heavy atom. The van der Waals surface area contributed by atoms with Gasteiger partial charge in [0, 0.05) is 6.20 Å². The van der Waals surface area contributed by atoms with E-state index >= 15 is 0 Å². The van der Waals surface area contributed by atoms with E-state index in [9.17, 15) is 9.59 Å². The van der Waals surface area contributed by atoms with E-state index in [4.69, 9.17) is 5.73 Å². The minimum Gasteiger partial charge on any atom is -0.467 e. The van der Waals surface area contributed by atoms with Crippen molar-refractivity contribution in [3.05, 3.63) is 12.4 Å². The first-order valence-electron chi connectivity index (χ1n) is 5.22. The monoisotopic (exact) mass is 240 g/mol. The van der Waals surface area contributed by atoms with E-state index in [2.05, 4.69) is 15.2 Å². The fourth-order valence-electron chi connectivity index (χ4n) is 1.36. The maximum absolute atomic E-state index is 11.3. The highest BCUT2D eigenvalue weighted by molar-refractivity contribution is 5.79. The highest BCUT2D eigenvalue weighted by atomic mass is 16.5. The van der Waals surface area contributed by atoms with E-state index in [0.29, 0.717) is 12.1 Å². The van der Waals surface area contributed by atoms with Gasteiger partial charge in [-0.2, -0.15) is 5.10 Å². The van der Waals surface area contributed by atoms with Crippen LogP contribution in [0.1, 0.15) is 13.3 Å². The molecule has 0 bridgehead atoms. The number of hydrogen-bond donors (Lipinski definition) is 2. The number of nitrogens with one attached hydrogen (secondary N) is 1. The number of rotatable bonds is 6. The first-order chi connectivity index (χ1) is 8.06. The lowest BCUT2D eigenvalue weighted by Crippen LogP contribution is -2.29. The van der Waals surface area contributed by atoms with Gasteiger partial charge in [0.05, 0.1) is 19.0 Å². The molecule has 1 atom stereocenters. The summed E-state index contributed by atoms with van der Waals surface area (Å²) in [5.74, 6) is -0.810. The number of esters is 1. The van der Waals surface area contributed by atoms with Crippen LogP contribution in [0.15, 0.2) is 12.4 Å². The fourth-order valence-corrected chi connectivity index (χ4v) is 1.36. The first kappa shape index (κ1) is 13.0. The van der Waals surface area contributed by atoms with Crippen LogP contribution in [0.25, 0.3) is 0 Å². The van der Waals surface area contributed by atoms with Gasteiger partial charge in [0.25, 0.3) is 0 Å². The van der Waals surface area contributed by atoms with Gasteiger partial charge in [0.15, 0.2) is 0 Å². The lowest BCUT2D eigenvalue weighted by atomic mass is 10.2. The van der Waals surface area contributed by atoms with Crippen LogP contribution in [-0.4, -0.2) is 34.8 Å². The van der Waals surface area contributed by atoms with E-state index in [1.807, 2.05) is 6.92 Å². The summed E-state index contributed by atoms with van der Waals surface area (Å²) in [4.78, 5) is 22.0. The number of nitrogens with two attached hydrogens (primary N) is 1. The summed E-state index contributed by atoms with van der Waals surface area (Å²) >= 11 is 0. The Balaban J connectivity index is 2.64. The molecule has 0 saturated carbocycles. The predicted molar refractivity (Wildman–Crippen MR) is 61.1 cm³/mol. The van der Waals surface area contributed by atoms with Gasteiger partial charge in [-0.1, -0.05) is 6.92 Å². The number of anilines is 1. The lowest BCUT2D eigenvalue weighted by molar-refractivity contribution is -0.141. The minimum atomic E-state index is -0.473. The average molecular weight is 240 g/mol. The zero-order valence-electron chi connectivity index (χ0n) is 9.84. The van der Waals surface area contributed by atoms with E-state index in [1.54, 1.807) is 6.20 Å². The van der Waals surface area contributed by atoms with E-state index in [1.165, 1.54) is 18.0 Å². The number of primary amides is 1. The fraction of sp³-hybridized carbons (Fsp3) is 0.500. The molecule has 0 aliphatic heterocycles. The molecule has 0 radical (unpaired) electrons. The Bertz CT molecular complexity index is 402. The maximum Gasteiger partial charge on any atom is 0.328 e. The molecule has 1 aromatic rings. The van der Waals surface area contributed by atoms with Crippen LogP contribution in [0.5, 0.6) is 0 Å². The van der Waals surface area contributed by atoms with Gasteiger partial charge in [-0.15, -0.1) is 0 Å². The quantitative estimate of drug-likeness (QED) is 0.667. The second-order valence-electron chi connectivity index (χ2n) is 3.52. The number of methoxy groups -OCH3 is 1. The molecular formula is C10H16N4O3. The summed E-state index contributed by atoms with van der Waals surface area (Å²) in [6.45, 7) is 1.87. The molecular weight excluding hydrogens is 224 g/mol. The predicted octanol–water partition coefficient (Wildman–Crippen LogP) is -0.268. The molecule has 17 heavy (non-hydrogen) atoms. The third-order valence-corrected chi connectivity index (χ3v) is 2.19. The molecule has 1 amide bonds. The molecule has 0 saturated heterocycles. The van der Waals surface area contributed by atoms with Crippen molar-refractivity contribution in [3.63, 3.8) is 0 Å². The number of carbonyl (C=O) groups is 2. The lowest BCUT2D eigenvalue weighted by Gasteiger charge is -2.13. The largest absolute Gasteiger partial charge is 0.467 e. The Morgan fingerprint density at radius 3 is 2.88 bits per heavy atom. The Labute approximate surface area is 98.9 Å². The van der Waals surface area contributed by atoms with Gasteiger partial charge >= 0.3 is 5.97 Å². The van der Waals surface area contributed by atoms with Crippen LogP contribution in [0.4, 0.5) is 5.69 Å². The van der Waals surface area contributed by atoms with Crippen LogP contribution >= 0.6 is 0 Å². The summed E-state index contributed by atoms with van der Waals surface area (Å²) in [6.07, 6.45) is 3.72. The molecule has 0 aromatic carbocycles. The molecule has 94 valence electrons. The van der Waals surface area contributed by atoms with Crippen molar-refractivity contribution in [2.24, 2.45) is 5.73 Å². The van der Waals surface area contributed by atoms with Crippen LogP contribution in [0.3, 0.4) is 0 Å². The smallest absolute Gasteiger partial charge is 0.328 e. The molecule has 7 heteroatoms. The van der Waals surface area contributed by atoms with Crippen molar-refractivity contribution < 1.29 is 14.3 Å². The summed E-state index contributed by atoms with van der Waals surface area (Å²) in [5, 5.41) is 6.89. The van der Waals surface area contributed by atoms with Crippen LogP contribution < -0.4 is 11.1 Å². The molecule has 1 rings (SSSR count). The number of amides is 1. The van der Waals surface area contributed by atoms with Crippen LogP contribution in [0, 0.1) is 0 Å². The normalized spacial score (nSPS) is 11.9. The van der Waals surface area contributed by atoms with E-state index in [0.717, 1.165) is 0 Å². The van der Waals surface area contributed by atoms with Gasteiger partial charge in [0.1, 0.15) is 12.6 Å². The van der Waals surface area contributed by atoms with E-state index in [-0.39, 0.29) is 12.5 Å². The zero-order valence-corrected chi connectivity index (χ0v) is 9.84. The average Bonchev–Trinajstić information content (AvgIpc) is 2.71. The second kappa shape index (κ2) is 5.88. The van der Waals surface area contributed by atoms with Crippen molar-refractivity contribution in [2.75, 3.05) is 12.4 Å². The van der Waals surface area contributed by atoms with Gasteiger partial charge in [-0.3, -0.25) is 9.48 Å². The summed E-state index contributed by atoms with van der Waals surface area (Å²) in [5.41, 5.74) is 5.68. The molecule has 1 unspecified atom stereocenters. The molecule has 0 spiro atoms. The molecule has 1 heterocycles. The summed E-state index contributed by atoms with van der Waals surface area (Å²) < 4.78 is 6.04. The van der Waals surface area contributed by atoms with Gasteiger partial charge < -0.3 is 15.8 Å². The van der Waals surface area contributed by atoms with E-state index < -0.39 is 11.9 Å². The third-order valence-electron chi connectivity index (χ3n) is 2.19. The standard InChI is InChI=1S/C10H16N4O3/c1-3-8(10(16)17-2)13-7-4-12-14(5-7)6-9(11)15/h4-5,8,13H,3,6H2,1-2H3,(H2,11,15). The van der Waals surface area contributed by atoms with Crippen molar-refractivity contribution in [1.29, 1.82) is 0 Å². The molecule has 0 aliphatic rings. The maximum atomic E-state index is 11.3. The first-order valence-corrected chi connectivity index (χ1v) is 5.22. The Kier molecular flexibility index (Phi) is 4.50. The topological polar surface area (TPSA) is 99.2 Å². The zero-order chi connectivity index (χ0) is 12.8. The van der Waals surface area contributed by atoms with Gasteiger partial charge in [0.2, 0.25) is 5.91 Å². The SMILES string of the molecule is CCC(Nc1cnn(CC(N)=O)c1)C(=O)OC. The third kappa shape index (κ3) is 3.78. The number of carbonyl (C=O) groups excluding carboxylic acids is 2. The Morgan fingerprint density at radius 2 is 2.35 bits per heavy atom. The number of hydrogen-bond acceptors (Lipinski definition) is 5. The van der Waals surface area contributed by atoms with Crippen molar-refractivity contribution in [1.82, 2.24) is 9.78 Å². The van der Waals surface area contributed by atoms with Crippen molar-refractivity contribution in [3.8, 4) is 0 Å². The number of nitrogens with zero attached hydrogens (tertiary/aromatic N) is 2. The molecule has 1 aromatic heterocycles. The highest BCUT2D eigenvalue weighted by Gasteiger charge is 2.17. The van der Waals surface area contributed by atoms with Crippen molar-refractivity contribution >= 4 is 17.6 Å². The van der Waals surface area contributed by atoms with Crippen LogP contribution in [0.2, 0.25) is 0 Å².